The Kier molecular flexibility index (Phi) is 4.00. The van der Waals surface area contributed by atoms with Crippen molar-refractivity contribution in [3.05, 3.63) is 0 Å². The minimum Gasteiger partial charge on any atom is -0.284 e. The average Bonchev–Trinajstić information content (AvgIpc) is 1.79. The molecule has 0 amide bonds. The first-order valence-corrected chi connectivity index (χ1v) is 7.49. The van der Waals surface area contributed by atoms with E-state index in [0.717, 1.165) is 13.2 Å². The van der Waals surface area contributed by atoms with Crippen molar-refractivity contribution in [3.8, 4) is 0 Å². The van der Waals surface area contributed by atoms with Crippen molar-refractivity contribution in [1.82, 2.24) is 0 Å². The summed E-state index contributed by atoms with van der Waals surface area (Å²) in [6.07, 6.45) is 0.395. The fraction of sp³-hybridized carbons (Fsp3) is 1.00. The van der Waals surface area contributed by atoms with Crippen LogP contribution >= 0.6 is 11.6 Å². The van der Waals surface area contributed by atoms with Crippen LogP contribution in [0.3, 0.4) is 0 Å². The Morgan fingerprint density at radius 2 is 1.71 bits per heavy atom. The average molecular weight is 265 g/mol. The zero-order valence-electron chi connectivity index (χ0n) is 8.06. The smallest absolute Gasteiger partial charge is 0.284 e. The molecule has 0 saturated heterocycles. The van der Waals surface area contributed by atoms with Gasteiger partial charge in [-0.2, -0.15) is 8.42 Å². The Hall–Kier alpha value is 0.150. The van der Waals surface area contributed by atoms with Crippen molar-refractivity contribution in [1.29, 1.82) is 0 Å². The first-order valence-electron chi connectivity index (χ1n) is 3.72. The van der Waals surface area contributed by atoms with E-state index in [0.29, 0.717) is 0 Å². The molecule has 0 aromatic carbocycles. The lowest BCUT2D eigenvalue weighted by Gasteiger charge is -2.24. The Morgan fingerprint density at radius 1 is 1.36 bits per heavy atom. The topological polar surface area (TPSA) is 88.5 Å². The van der Waals surface area contributed by atoms with Gasteiger partial charge >= 0.3 is 0 Å². The molecule has 2 atom stereocenters. The Bertz CT molecular complexity index is 362. The quantitative estimate of drug-likeness (QED) is 0.595. The summed E-state index contributed by atoms with van der Waals surface area (Å²) in [6.45, 7) is 2.40. The van der Waals surface area contributed by atoms with Gasteiger partial charge in [0.15, 0.2) is 13.9 Å². The van der Waals surface area contributed by atoms with Crippen molar-refractivity contribution < 1.29 is 21.4 Å². The third-order valence-corrected chi connectivity index (χ3v) is 6.67. The third-order valence-electron chi connectivity index (χ3n) is 1.98. The molecule has 0 aliphatic heterocycles. The Morgan fingerprint density at radius 3 is 1.79 bits per heavy atom. The summed E-state index contributed by atoms with van der Waals surface area (Å²) in [5.74, 6) is 0. The molecule has 0 fully saturated rings. The molecular weight excluding hydrogens is 252 g/mol. The molecule has 0 radical (unpaired) electrons. The zero-order chi connectivity index (χ0) is 11.8. The van der Waals surface area contributed by atoms with Crippen LogP contribution in [-0.2, 0) is 20.0 Å². The number of rotatable bonds is 4. The maximum Gasteiger partial charge on any atom is 0.285 e. The lowest BCUT2D eigenvalue weighted by Crippen LogP contribution is -2.44. The highest BCUT2D eigenvalue weighted by Crippen LogP contribution is 2.29. The molecule has 5 nitrogen and oxygen atoms in total. The molecule has 0 aromatic heterocycles. The van der Waals surface area contributed by atoms with Crippen LogP contribution in [0, 0.1) is 0 Å². The van der Waals surface area contributed by atoms with E-state index in [4.69, 9.17) is 16.2 Å². The fourth-order valence-corrected chi connectivity index (χ4v) is 3.99. The molecule has 14 heavy (non-hydrogen) atoms. The SMILES string of the molecule is CC(Cl)CC(C)(S(C)(=O)=O)S(=O)(=O)O. The lowest BCUT2D eigenvalue weighted by atomic mass is 10.2. The minimum absolute atomic E-state index is 0.355. The van der Waals surface area contributed by atoms with Gasteiger partial charge in [-0.1, -0.05) is 0 Å². The summed E-state index contributed by atoms with van der Waals surface area (Å²) < 4.78 is 51.0. The molecule has 0 spiro atoms. The third kappa shape index (κ3) is 2.82. The highest BCUT2D eigenvalue weighted by atomic mass is 35.5. The molecule has 8 heteroatoms. The van der Waals surface area contributed by atoms with Crippen molar-refractivity contribution in [2.45, 2.75) is 29.7 Å². The van der Waals surface area contributed by atoms with Crippen LogP contribution in [-0.4, -0.2) is 37.1 Å². The summed E-state index contributed by atoms with van der Waals surface area (Å²) in [7, 11) is -8.63. The fourth-order valence-electron chi connectivity index (χ4n) is 0.959. The van der Waals surface area contributed by atoms with Crippen molar-refractivity contribution in [2.24, 2.45) is 0 Å². The number of sulfone groups is 1. The second-order valence-corrected chi connectivity index (χ2v) is 8.67. The molecule has 0 aromatic rings. The van der Waals surface area contributed by atoms with Gasteiger partial charge in [0.1, 0.15) is 0 Å². The zero-order valence-corrected chi connectivity index (χ0v) is 10.4. The van der Waals surface area contributed by atoms with Crippen LogP contribution in [0.25, 0.3) is 0 Å². The molecule has 0 heterocycles. The summed E-state index contributed by atoms with van der Waals surface area (Å²) >= 11 is 5.53. The molecular formula is C6H13ClO5S2. The minimum atomic E-state index is -4.69. The largest absolute Gasteiger partial charge is 0.285 e. The van der Waals surface area contributed by atoms with Crippen LogP contribution in [0.5, 0.6) is 0 Å². The van der Waals surface area contributed by atoms with Gasteiger partial charge in [-0.05, 0) is 20.3 Å². The van der Waals surface area contributed by atoms with Crippen LogP contribution in [0.4, 0.5) is 0 Å². The second kappa shape index (κ2) is 3.96. The van der Waals surface area contributed by atoms with E-state index in [1.165, 1.54) is 6.92 Å². The maximum atomic E-state index is 11.2. The van der Waals surface area contributed by atoms with E-state index in [9.17, 15) is 16.8 Å². The van der Waals surface area contributed by atoms with Crippen LogP contribution in [0.2, 0.25) is 0 Å². The molecule has 0 rings (SSSR count). The van der Waals surface area contributed by atoms with Crippen LogP contribution in [0.1, 0.15) is 20.3 Å². The van der Waals surface area contributed by atoms with Gasteiger partial charge in [0.05, 0.1) is 0 Å². The summed E-state index contributed by atoms with van der Waals surface area (Å²) in [4.78, 5) is 0. The Labute approximate surface area is 89.1 Å². The van der Waals surface area contributed by atoms with E-state index in [-0.39, 0.29) is 6.42 Å². The molecule has 2 unspecified atom stereocenters. The molecule has 0 bridgehead atoms. The number of alkyl halides is 1. The number of halogens is 1. The standard InChI is InChI=1S/C6H13ClO5S2/c1-5(7)4-6(2,13(3,8)9)14(10,11)12/h5H,4H2,1-3H3,(H,10,11,12). The molecule has 0 saturated carbocycles. The first kappa shape index (κ1) is 14.2. The highest BCUT2D eigenvalue weighted by Gasteiger charge is 2.48. The second-order valence-electron chi connectivity index (χ2n) is 3.37. The van der Waals surface area contributed by atoms with Gasteiger partial charge in [0, 0.05) is 11.6 Å². The van der Waals surface area contributed by atoms with Crippen molar-refractivity contribution >= 4 is 31.6 Å². The monoisotopic (exact) mass is 264 g/mol. The van der Waals surface area contributed by atoms with E-state index in [2.05, 4.69) is 0 Å². The van der Waals surface area contributed by atoms with E-state index in [1.54, 1.807) is 0 Å². The van der Waals surface area contributed by atoms with Gasteiger partial charge in [-0.3, -0.25) is 4.55 Å². The highest BCUT2D eigenvalue weighted by molar-refractivity contribution is 8.07. The predicted octanol–water partition coefficient (Wildman–Crippen LogP) is 0.652. The molecule has 0 aliphatic rings. The molecule has 1 N–H and O–H groups in total. The van der Waals surface area contributed by atoms with Gasteiger partial charge in [-0.25, -0.2) is 8.42 Å². The lowest BCUT2D eigenvalue weighted by molar-refractivity contribution is 0.450. The number of hydrogen-bond acceptors (Lipinski definition) is 4. The van der Waals surface area contributed by atoms with Gasteiger partial charge in [0.2, 0.25) is 0 Å². The van der Waals surface area contributed by atoms with Crippen molar-refractivity contribution in [2.75, 3.05) is 6.26 Å². The van der Waals surface area contributed by atoms with E-state index >= 15 is 0 Å². The summed E-state index contributed by atoms with van der Waals surface area (Å²) in [6, 6.07) is 0. The van der Waals surface area contributed by atoms with Gasteiger partial charge < -0.3 is 0 Å². The first-order chi connectivity index (χ1) is 5.92. The maximum absolute atomic E-state index is 11.2. The molecule has 0 aliphatic carbocycles. The normalized spacial score (nSPS) is 20.1. The summed E-state index contributed by atoms with van der Waals surface area (Å²) in [5.41, 5.74) is 0. The summed E-state index contributed by atoms with van der Waals surface area (Å²) in [5, 5.41) is -0.670. The van der Waals surface area contributed by atoms with E-state index in [1.807, 2.05) is 0 Å². The number of hydrogen-bond donors (Lipinski definition) is 1. The molecule has 86 valence electrons. The Balaban J connectivity index is 5.54. The van der Waals surface area contributed by atoms with E-state index < -0.39 is 29.4 Å². The van der Waals surface area contributed by atoms with Crippen LogP contribution in [0.15, 0.2) is 0 Å². The van der Waals surface area contributed by atoms with Gasteiger partial charge in [0.25, 0.3) is 10.1 Å². The predicted molar refractivity (Wildman–Crippen MR) is 54.7 cm³/mol. The van der Waals surface area contributed by atoms with Gasteiger partial charge in [-0.15, -0.1) is 11.6 Å². The van der Waals surface area contributed by atoms with Crippen LogP contribution < -0.4 is 0 Å². The van der Waals surface area contributed by atoms with Crippen molar-refractivity contribution in [3.63, 3.8) is 0 Å².